The Morgan fingerprint density at radius 1 is 1.44 bits per heavy atom. The molecule has 0 saturated heterocycles. The first kappa shape index (κ1) is 7.46. The minimum atomic E-state index is -0.891. The van der Waals surface area contributed by atoms with Crippen LogP contribution in [-0.4, -0.2) is 21.7 Å². The van der Waals surface area contributed by atoms with Gasteiger partial charge in [-0.25, -0.2) is 0 Å². The summed E-state index contributed by atoms with van der Waals surface area (Å²) in [5, 5.41) is 17.6. The van der Waals surface area contributed by atoms with E-state index in [2.05, 4.69) is 9.24 Å². The number of rotatable bonds is 0. The zero-order chi connectivity index (χ0) is 6.91. The fraction of sp³-hybridized carbons (Fsp3) is 1.00. The van der Waals surface area contributed by atoms with Gasteiger partial charge in [0.1, 0.15) is 5.34 Å². The standard InChI is InChI=1S/C6H13O2P/c7-5-3-1-2-4-6(5,8)9/h5,7-8H,1-4,9H2. The fourth-order valence-electron chi connectivity index (χ4n) is 1.16. The summed E-state index contributed by atoms with van der Waals surface area (Å²) in [6.07, 6.45) is 2.98. The van der Waals surface area contributed by atoms with Gasteiger partial charge < -0.3 is 10.2 Å². The van der Waals surface area contributed by atoms with E-state index in [0.29, 0.717) is 6.42 Å². The summed E-state index contributed by atoms with van der Waals surface area (Å²) >= 11 is 0. The molecule has 1 rings (SSSR count). The van der Waals surface area contributed by atoms with Gasteiger partial charge in [-0.05, 0) is 12.8 Å². The summed E-state index contributed by atoms with van der Waals surface area (Å²) in [5.41, 5.74) is 0. The SMILES string of the molecule is OC1CCCCC1(O)P. The first-order chi connectivity index (χ1) is 4.13. The molecule has 0 radical (unpaired) electrons. The van der Waals surface area contributed by atoms with Crippen molar-refractivity contribution >= 4 is 9.24 Å². The van der Waals surface area contributed by atoms with Crippen molar-refractivity contribution < 1.29 is 10.2 Å². The molecule has 3 heteroatoms. The van der Waals surface area contributed by atoms with Gasteiger partial charge in [0.25, 0.3) is 0 Å². The molecule has 9 heavy (non-hydrogen) atoms. The Hall–Kier alpha value is 0.350. The van der Waals surface area contributed by atoms with Gasteiger partial charge >= 0.3 is 0 Å². The van der Waals surface area contributed by atoms with Crippen molar-refractivity contribution in [1.82, 2.24) is 0 Å². The topological polar surface area (TPSA) is 40.5 Å². The van der Waals surface area contributed by atoms with Crippen LogP contribution in [0.2, 0.25) is 0 Å². The molecule has 0 aromatic carbocycles. The van der Waals surface area contributed by atoms with Crippen molar-refractivity contribution in [1.29, 1.82) is 0 Å². The van der Waals surface area contributed by atoms with Gasteiger partial charge in [0.15, 0.2) is 0 Å². The first-order valence-corrected chi connectivity index (χ1v) is 3.90. The second-order valence-corrected chi connectivity index (χ2v) is 3.75. The highest BCUT2D eigenvalue weighted by atomic mass is 31.0. The number of aliphatic hydroxyl groups is 2. The molecule has 2 nitrogen and oxygen atoms in total. The Balaban J connectivity index is 2.49. The quantitative estimate of drug-likeness (QED) is 0.491. The van der Waals surface area contributed by atoms with Crippen molar-refractivity contribution in [2.75, 3.05) is 0 Å². The normalized spacial score (nSPS) is 45.0. The van der Waals surface area contributed by atoms with Crippen LogP contribution in [-0.2, 0) is 0 Å². The molecular weight excluding hydrogens is 135 g/mol. The summed E-state index contributed by atoms with van der Waals surface area (Å²) in [5.74, 6) is 0. The molecular formula is C6H13O2P. The Labute approximate surface area is 57.5 Å². The largest absolute Gasteiger partial charge is 0.390 e. The van der Waals surface area contributed by atoms with Crippen LogP contribution >= 0.6 is 9.24 Å². The third kappa shape index (κ3) is 1.64. The average molecular weight is 148 g/mol. The lowest BCUT2D eigenvalue weighted by atomic mass is 9.94. The van der Waals surface area contributed by atoms with Gasteiger partial charge in [-0.15, -0.1) is 9.24 Å². The maximum Gasteiger partial charge on any atom is 0.103 e. The van der Waals surface area contributed by atoms with Gasteiger partial charge in [-0.1, -0.05) is 12.8 Å². The Kier molecular flexibility index (Phi) is 2.10. The monoisotopic (exact) mass is 148 g/mol. The zero-order valence-corrected chi connectivity index (χ0v) is 6.53. The van der Waals surface area contributed by atoms with E-state index in [1.54, 1.807) is 0 Å². The van der Waals surface area contributed by atoms with Gasteiger partial charge in [0, 0.05) is 0 Å². The second-order valence-electron chi connectivity index (χ2n) is 2.75. The minimum Gasteiger partial charge on any atom is -0.390 e. The van der Waals surface area contributed by atoms with Gasteiger partial charge in [-0.2, -0.15) is 0 Å². The summed E-state index contributed by atoms with van der Waals surface area (Å²) in [6, 6.07) is 0. The highest BCUT2D eigenvalue weighted by Gasteiger charge is 2.32. The highest BCUT2D eigenvalue weighted by Crippen LogP contribution is 2.33. The van der Waals surface area contributed by atoms with Crippen molar-refractivity contribution in [3.63, 3.8) is 0 Å². The highest BCUT2D eigenvalue weighted by molar-refractivity contribution is 7.18. The van der Waals surface area contributed by atoms with Crippen molar-refractivity contribution in [3.8, 4) is 0 Å². The third-order valence-corrected chi connectivity index (χ3v) is 2.56. The lowest BCUT2D eigenvalue weighted by Crippen LogP contribution is -2.38. The predicted molar refractivity (Wildman–Crippen MR) is 39.1 cm³/mol. The molecule has 0 heterocycles. The van der Waals surface area contributed by atoms with Crippen LogP contribution in [0.15, 0.2) is 0 Å². The van der Waals surface area contributed by atoms with Crippen LogP contribution in [0, 0.1) is 0 Å². The molecule has 0 aromatic heterocycles. The Morgan fingerprint density at radius 3 is 2.44 bits per heavy atom. The molecule has 0 aliphatic heterocycles. The van der Waals surface area contributed by atoms with Crippen LogP contribution in [0.1, 0.15) is 25.7 Å². The maximum atomic E-state index is 9.36. The van der Waals surface area contributed by atoms with E-state index >= 15 is 0 Å². The van der Waals surface area contributed by atoms with Crippen LogP contribution < -0.4 is 0 Å². The van der Waals surface area contributed by atoms with Crippen LogP contribution in [0.5, 0.6) is 0 Å². The molecule has 1 aliphatic rings. The summed E-state index contributed by atoms with van der Waals surface area (Å²) in [6.45, 7) is 0. The van der Waals surface area contributed by atoms with E-state index in [1.165, 1.54) is 0 Å². The molecule has 3 atom stereocenters. The maximum absolute atomic E-state index is 9.36. The van der Waals surface area contributed by atoms with Gasteiger partial charge in [-0.3, -0.25) is 0 Å². The summed E-state index contributed by atoms with van der Waals surface area (Å²) < 4.78 is 0. The Bertz CT molecular complexity index is 103. The van der Waals surface area contributed by atoms with Crippen molar-refractivity contribution in [3.05, 3.63) is 0 Å². The van der Waals surface area contributed by atoms with Crippen molar-refractivity contribution in [2.24, 2.45) is 0 Å². The van der Waals surface area contributed by atoms with E-state index in [9.17, 15) is 5.11 Å². The van der Waals surface area contributed by atoms with E-state index in [1.807, 2.05) is 0 Å². The Morgan fingerprint density at radius 2 is 2.11 bits per heavy atom. The van der Waals surface area contributed by atoms with E-state index in [-0.39, 0.29) is 0 Å². The van der Waals surface area contributed by atoms with Crippen molar-refractivity contribution in [2.45, 2.75) is 37.1 Å². The molecule has 0 aromatic rings. The summed E-state index contributed by atoms with van der Waals surface area (Å²) in [7, 11) is 2.31. The summed E-state index contributed by atoms with van der Waals surface area (Å²) in [4.78, 5) is 0. The van der Waals surface area contributed by atoms with Crippen LogP contribution in [0.4, 0.5) is 0 Å². The molecule has 2 N–H and O–H groups in total. The fourth-order valence-corrected chi connectivity index (χ4v) is 1.53. The first-order valence-electron chi connectivity index (χ1n) is 3.32. The minimum absolute atomic E-state index is 0.531. The average Bonchev–Trinajstić information content (AvgIpc) is 1.77. The zero-order valence-electron chi connectivity index (χ0n) is 5.38. The molecule has 0 bridgehead atoms. The molecule has 0 spiro atoms. The second kappa shape index (κ2) is 2.53. The molecule has 1 fully saturated rings. The van der Waals surface area contributed by atoms with E-state index < -0.39 is 11.4 Å². The molecule has 0 amide bonds. The molecule has 1 aliphatic carbocycles. The molecule has 54 valence electrons. The third-order valence-electron chi connectivity index (χ3n) is 1.88. The van der Waals surface area contributed by atoms with Crippen LogP contribution in [0.25, 0.3) is 0 Å². The smallest absolute Gasteiger partial charge is 0.103 e. The van der Waals surface area contributed by atoms with Gasteiger partial charge in [0.2, 0.25) is 0 Å². The predicted octanol–water partition coefficient (Wildman–Crippen LogP) is 0.485. The van der Waals surface area contributed by atoms with Gasteiger partial charge in [0.05, 0.1) is 6.10 Å². The number of hydrogen-bond donors (Lipinski definition) is 2. The molecule has 3 unspecified atom stereocenters. The van der Waals surface area contributed by atoms with E-state index in [4.69, 9.17) is 5.11 Å². The van der Waals surface area contributed by atoms with E-state index in [0.717, 1.165) is 19.3 Å². The lowest BCUT2D eigenvalue weighted by Gasteiger charge is -2.32. The number of hydrogen-bond acceptors (Lipinski definition) is 2. The van der Waals surface area contributed by atoms with Crippen LogP contribution in [0.3, 0.4) is 0 Å². The lowest BCUT2D eigenvalue weighted by molar-refractivity contribution is -0.0351. The number of aliphatic hydroxyl groups excluding tert-OH is 1. The molecule has 1 saturated carbocycles.